The molecule has 0 aliphatic rings. The van der Waals surface area contributed by atoms with E-state index in [0.717, 1.165) is 12.1 Å². The van der Waals surface area contributed by atoms with Gasteiger partial charge in [0.1, 0.15) is 0 Å². The minimum Gasteiger partial charge on any atom is -0.337 e. The van der Waals surface area contributed by atoms with Gasteiger partial charge in [-0.25, -0.2) is 22.2 Å². The maximum absolute atomic E-state index is 12.8. The summed E-state index contributed by atoms with van der Waals surface area (Å²) in [4.78, 5) is 17.7. The predicted molar refractivity (Wildman–Crippen MR) is 88.6 cm³/mol. The number of nitrogens with zero attached hydrogens (tertiary/aromatic N) is 1. The highest BCUT2D eigenvalue weighted by Gasteiger charge is 2.29. The molecule has 0 radical (unpaired) electrons. The van der Waals surface area contributed by atoms with E-state index < -0.39 is 38.6 Å². The van der Waals surface area contributed by atoms with Gasteiger partial charge in [0.05, 0.1) is 21.6 Å². The first kappa shape index (κ1) is 18.8. The second kappa shape index (κ2) is 6.99. The Morgan fingerprint density at radius 2 is 1.78 bits per heavy atom. The minimum absolute atomic E-state index is 0.00351. The number of benzene rings is 2. The Balaban J connectivity index is 1.94. The number of H-pyrrole nitrogens is 1. The van der Waals surface area contributed by atoms with Crippen LogP contribution in [0.2, 0.25) is 0 Å². The summed E-state index contributed by atoms with van der Waals surface area (Å²) in [5, 5.41) is 2.25. The number of amides is 1. The molecule has 3 rings (SSSR count). The fraction of sp³-hybridized carbons (Fsp3) is 0.125. The molecule has 0 aliphatic carbocycles. The van der Waals surface area contributed by atoms with Gasteiger partial charge in [-0.3, -0.25) is 4.79 Å². The number of alkyl halides is 4. The molecule has 1 heterocycles. The number of carbonyl (C=O) groups is 1. The lowest BCUT2D eigenvalue weighted by molar-refractivity contribution is 0.102. The number of para-hydroxylation sites is 1. The second-order valence-electron chi connectivity index (χ2n) is 5.41. The van der Waals surface area contributed by atoms with Gasteiger partial charge in [0.25, 0.3) is 12.3 Å². The van der Waals surface area contributed by atoms with Crippen LogP contribution >= 0.6 is 0 Å². The van der Waals surface area contributed by atoms with Crippen molar-refractivity contribution >= 4 is 32.5 Å². The fourth-order valence-electron chi connectivity index (χ4n) is 2.38. The van der Waals surface area contributed by atoms with Gasteiger partial charge in [0.2, 0.25) is 9.84 Å². The van der Waals surface area contributed by atoms with E-state index in [4.69, 9.17) is 0 Å². The van der Waals surface area contributed by atoms with Crippen LogP contribution in [0.15, 0.2) is 47.4 Å². The number of halogens is 4. The molecule has 11 heteroatoms. The summed E-state index contributed by atoms with van der Waals surface area (Å²) in [6.45, 7) is 0. The van der Waals surface area contributed by atoms with Gasteiger partial charge in [0.15, 0.2) is 5.82 Å². The molecule has 2 aromatic carbocycles. The lowest BCUT2D eigenvalue weighted by atomic mass is 10.2. The number of aromatic amines is 1. The number of rotatable bonds is 5. The highest BCUT2D eigenvalue weighted by atomic mass is 32.2. The van der Waals surface area contributed by atoms with E-state index >= 15 is 0 Å². The molecule has 2 N–H and O–H groups in total. The molecule has 0 unspecified atom stereocenters. The van der Waals surface area contributed by atoms with E-state index in [1.165, 1.54) is 30.3 Å². The van der Waals surface area contributed by atoms with Gasteiger partial charge in [-0.1, -0.05) is 12.1 Å². The van der Waals surface area contributed by atoms with Crippen LogP contribution in [0.3, 0.4) is 0 Å². The molecular weight excluding hydrogens is 390 g/mol. The van der Waals surface area contributed by atoms with Crippen molar-refractivity contribution in [2.45, 2.75) is 17.1 Å². The van der Waals surface area contributed by atoms with Crippen molar-refractivity contribution in [1.29, 1.82) is 0 Å². The molecule has 0 fully saturated rings. The zero-order valence-electron chi connectivity index (χ0n) is 13.3. The topological polar surface area (TPSA) is 91.9 Å². The second-order valence-corrected chi connectivity index (χ2v) is 7.30. The van der Waals surface area contributed by atoms with Gasteiger partial charge in [-0.05, 0) is 30.3 Å². The quantitative estimate of drug-likeness (QED) is 0.637. The molecule has 0 saturated heterocycles. The molecular formula is C16H11F4N3O3S. The summed E-state index contributed by atoms with van der Waals surface area (Å²) < 4.78 is 74.4. The summed E-state index contributed by atoms with van der Waals surface area (Å²) in [7, 11) is -4.92. The van der Waals surface area contributed by atoms with E-state index in [0.29, 0.717) is 0 Å². The first-order valence-electron chi connectivity index (χ1n) is 7.40. The fourth-order valence-corrected chi connectivity index (χ4v) is 3.27. The highest BCUT2D eigenvalue weighted by Crippen LogP contribution is 2.27. The number of aromatic nitrogens is 2. The maximum Gasteiger partial charge on any atom is 0.341 e. The summed E-state index contributed by atoms with van der Waals surface area (Å²) in [6, 6.07) is 8.58. The first-order valence-corrected chi connectivity index (χ1v) is 8.95. The Kier molecular flexibility index (Phi) is 4.87. The van der Waals surface area contributed by atoms with Gasteiger partial charge < -0.3 is 10.3 Å². The molecule has 6 nitrogen and oxygen atoms in total. The first-order chi connectivity index (χ1) is 12.7. The minimum atomic E-state index is -4.92. The number of carbonyl (C=O) groups excluding carboxylic acids is 1. The lowest BCUT2D eigenvalue weighted by Gasteiger charge is -2.11. The number of imidazole rings is 1. The van der Waals surface area contributed by atoms with Crippen LogP contribution < -0.4 is 5.32 Å². The number of fused-ring (bicyclic) bond motifs is 1. The van der Waals surface area contributed by atoms with Crippen molar-refractivity contribution in [3.05, 3.63) is 53.9 Å². The van der Waals surface area contributed by atoms with Crippen molar-refractivity contribution in [2.24, 2.45) is 0 Å². The zero-order valence-corrected chi connectivity index (χ0v) is 14.1. The molecule has 1 aromatic heterocycles. The molecule has 1 amide bonds. The highest BCUT2D eigenvalue weighted by molar-refractivity contribution is 7.91. The molecule has 142 valence electrons. The largest absolute Gasteiger partial charge is 0.341 e. The molecule has 0 saturated carbocycles. The maximum atomic E-state index is 12.8. The van der Waals surface area contributed by atoms with Gasteiger partial charge in [0, 0.05) is 5.56 Å². The Labute approximate surface area is 150 Å². The van der Waals surface area contributed by atoms with Crippen LogP contribution in [0.25, 0.3) is 11.0 Å². The van der Waals surface area contributed by atoms with Crippen LogP contribution in [0.4, 0.5) is 23.2 Å². The molecule has 27 heavy (non-hydrogen) atoms. The van der Waals surface area contributed by atoms with Crippen LogP contribution in [0.1, 0.15) is 22.6 Å². The van der Waals surface area contributed by atoms with E-state index in [2.05, 4.69) is 15.3 Å². The number of nitrogens with one attached hydrogen (secondary N) is 2. The molecule has 0 spiro atoms. The van der Waals surface area contributed by atoms with Crippen molar-refractivity contribution in [3.63, 3.8) is 0 Å². The van der Waals surface area contributed by atoms with E-state index in [1.54, 1.807) is 0 Å². The third-order valence-corrected chi connectivity index (χ3v) is 5.08. The lowest BCUT2D eigenvalue weighted by Crippen LogP contribution is -2.17. The third kappa shape index (κ3) is 3.63. The Bertz CT molecular complexity index is 1110. The average molecular weight is 401 g/mol. The summed E-state index contributed by atoms with van der Waals surface area (Å²) in [6.07, 6.45) is -2.82. The monoisotopic (exact) mass is 401 g/mol. The van der Waals surface area contributed by atoms with Crippen LogP contribution in [0, 0.1) is 0 Å². The Morgan fingerprint density at radius 3 is 2.44 bits per heavy atom. The Hall–Kier alpha value is -2.95. The summed E-state index contributed by atoms with van der Waals surface area (Å²) in [5.41, 5.74) is 0.0611. The smallest absolute Gasteiger partial charge is 0.337 e. The molecule has 0 atom stereocenters. The van der Waals surface area contributed by atoms with Gasteiger partial charge in [-0.15, -0.1) is 0 Å². The Morgan fingerprint density at radius 1 is 1.07 bits per heavy atom. The SMILES string of the molecule is O=C(Nc1ccccc1S(=O)(=O)C(F)F)c1ccc2nc(C(F)F)[nH]c2c1. The average Bonchev–Trinajstić information content (AvgIpc) is 3.05. The number of anilines is 1. The van der Waals surface area contributed by atoms with E-state index in [1.807, 2.05) is 0 Å². The molecule has 0 aliphatic heterocycles. The number of hydrogen-bond donors (Lipinski definition) is 2. The normalized spacial score (nSPS) is 12.1. The predicted octanol–water partition coefficient (Wildman–Crippen LogP) is 3.75. The molecule has 3 aromatic rings. The third-order valence-electron chi connectivity index (χ3n) is 3.65. The van der Waals surface area contributed by atoms with E-state index in [-0.39, 0.29) is 22.3 Å². The van der Waals surface area contributed by atoms with Crippen LogP contribution in [-0.4, -0.2) is 30.1 Å². The van der Waals surface area contributed by atoms with Crippen molar-refractivity contribution in [2.75, 3.05) is 5.32 Å². The zero-order chi connectivity index (χ0) is 19.8. The van der Waals surface area contributed by atoms with Crippen molar-refractivity contribution in [1.82, 2.24) is 9.97 Å². The van der Waals surface area contributed by atoms with Crippen LogP contribution in [0.5, 0.6) is 0 Å². The number of sulfone groups is 1. The van der Waals surface area contributed by atoms with Gasteiger partial charge >= 0.3 is 5.76 Å². The van der Waals surface area contributed by atoms with Crippen molar-refractivity contribution < 1.29 is 30.8 Å². The standard InChI is InChI=1S/C16H11F4N3O3S/c17-13(18)14-21-9-6-5-8(7-11(9)22-14)15(24)23-10-3-1-2-4-12(10)27(25,26)16(19)20/h1-7,13,16H,(H,21,22)(H,23,24). The van der Waals surface area contributed by atoms with Gasteiger partial charge in [-0.2, -0.15) is 8.78 Å². The van der Waals surface area contributed by atoms with Crippen molar-refractivity contribution in [3.8, 4) is 0 Å². The summed E-state index contributed by atoms with van der Waals surface area (Å²) >= 11 is 0. The number of hydrogen-bond acceptors (Lipinski definition) is 4. The molecule has 0 bridgehead atoms. The summed E-state index contributed by atoms with van der Waals surface area (Å²) in [5.74, 6) is -5.01. The van der Waals surface area contributed by atoms with Crippen LogP contribution in [-0.2, 0) is 9.84 Å². The van der Waals surface area contributed by atoms with E-state index in [9.17, 15) is 30.8 Å².